The number of aliphatic hydroxyl groups is 1. The number of halogens is 1. The lowest BCUT2D eigenvalue weighted by atomic mass is 9.89. The number of rotatable bonds is 4. The molecule has 4 rings (SSSR count). The van der Waals surface area contributed by atoms with Crippen molar-refractivity contribution in [2.45, 2.75) is 18.4 Å². The van der Waals surface area contributed by atoms with E-state index in [2.05, 4.69) is 0 Å². The summed E-state index contributed by atoms with van der Waals surface area (Å²) in [6.45, 7) is 0.513. The maximum Gasteiger partial charge on any atom is 0.335 e. The first-order valence-corrected chi connectivity index (χ1v) is 9.97. The Morgan fingerprint density at radius 2 is 1.97 bits per heavy atom. The van der Waals surface area contributed by atoms with Crippen LogP contribution in [-0.4, -0.2) is 57.5 Å². The second kappa shape index (κ2) is 7.88. The lowest BCUT2D eigenvalue weighted by molar-refractivity contribution is 0.0697. The number of fused-ring (bicyclic) bond motifs is 1. The predicted molar refractivity (Wildman–Crippen MR) is 114 cm³/mol. The van der Waals surface area contributed by atoms with Gasteiger partial charge in [-0.3, -0.25) is 4.79 Å². The lowest BCUT2D eigenvalue weighted by Gasteiger charge is -2.24. The quantitative estimate of drug-likeness (QED) is 0.482. The van der Waals surface area contributed by atoms with Crippen LogP contribution < -0.4 is 5.43 Å². The van der Waals surface area contributed by atoms with E-state index in [4.69, 9.17) is 21.1 Å². The molecule has 0 aliphatic carbocycles. The molecule has 1 saturated heterocycles. The van der Waals surface area contributed by atoms with E-state index in [0.29, 0.717) is 24.1 Å². The fourth-order valence-electron chi connectivity index (χ4n) is 4.27. The molecule has 0 amide bonds. The molecule has 1 fully saturated rings. The Morgan fingerprint density at radius 1 is 1.23 bits per heavy atom. The topological polar surface area (TPSA) is 131 Å². The molecular formula is C22H20ClNO7. The average molecular weight is 446 g/mol. The number of nitrogens with zero attached hydrogens (tertiary/aromatic N) is 1. The third kappa shape index (κ3) is 3.52. The van der Waals surface area contributed by atoms with Gasteiger partial charge < -0.3 is 29.7 Å². The fraction of sp³-hybridized carbons (Fsp3) is 0.273. The number of aliphatic hydroxyl groups excluding tert-OH is 1. The number of carboxylic acids is 1. The van der Waals surface area contributed by atoms with Crippen molar-refractivity contribution in [3.8, 4) is 22.8 Å². The van der Waals surface area contributed by atoms with Gasteiger partial charge in [0.05, 0.1) is 17.2 Å². The van der Waals surface area contributed by atoms with Crippen molar-refractivity contribution < 1.29 is 29.6 Å². The van der Waals surface area contributed by atoms with Crippen LogP contribution in [0, 0.1) is 0 Å². The number of carboxylic acid groups (broad SMARTS) is 1. The Bertz CT molecular complexity index is 1250. The van der Waals surface area contributed by atoms with Crippen molar-refractivity contribution in [3.63, 3.8) is 0 Å². The molecular weight excluding hydrogens is 426 g/mol. The summed E-state index contributed by atoms with van der Waals surface area (Å²) in [6, 6.07) is 5.98. The van der Waals surface area contributed by atoms with Gasteiger partial charge in [-0.2, -0.15) is 0 Å². The van der Waals surface area contributed by atoms with E-state index >= 15 is 0 Å². The van der Waals surface area contributed by atoms with Gasteiger partial charge in [-0.15, -0.1) is 0 Å². The van der Waals surface area contributed by atoms with Crippen LogP contribution in [0.2, 0.25) is 5.02 Å². The predicted octanol–water partition coefficient (Wildman–Crippen LogP) is 3.00. The van der Waals surface area contributed by atoms with Crippen LogP contribution in [0.1, 0.15) is 28.3 Å². The molecule has 31 heavy (non-hydrogen) atoms. The highest BCUT2D eigenvalue weighted by atomic mass is 35.5. The van der Waals surface area contributed by atoms with E-state index in [1.807, 2.05) is 11.9 Å². The molecule has 2 heterocycles. The molecule has 162 valence electrons. The number of aromatic carboxylic acids is 1. The molecule has 2 aromatic carbocycles. The zero-order valence-corrected chi connectivity index (χ0v) is 17.3. The molecule has 0 saturated carbocycles. The van der Waals surface area contributed by atoms with Crippen molar-refractivity contribution in [2.75, 3.05) is 20.2 Å². The zero-order valence-electron chi connectivity index (χ0n) is 16.5. The maximum atomic E-state index is 12.9. The monoisotopic (exact) mass is 445 g/mol. The van der Waals surface area contributed by atoms with Gasteiger partial charge in [-0.25, -0.2) is 4.79 Å². The van der Waals surface area contributed by atoms with Crippen LogP contribution in [0.4, 0.5) is 0 Å². The van der Waals surface area contributed by atoms with Gasteiger partial charge in [0, 0.05) is 35.2 Å². The minimum Gasteiger partial charge on any atom is -0.507 e. The zero-order chi connectivity index (χ0) is 22.4. The van der Waals surface area contributed by atoms with Crippen LogP contribution in [0.3, 0.4) is 0 Å². The van der Waals surface area contributed by atoms with Gasteiger partial charge in [-0.05, 0) is 38.2 Å². The number of phenols is 2. The molecule has 0 unspecified atom stereocenters. The molecule has 1 aliphatic heterocycles. The number of phenolic OH excluding ortho intramolecular Hbond substituents is 2. The number of benzene rings is 2. The van der Waals surface area contributed by atoms with E-state index in [9.17, 15) is 24.9 Å². The van der Waals surface area contributed by atoms with Gasteiger partial charge in [-0.1, -0.05) is 11.6 Å². The van der Waals surface area contributed by atoms with E-state index < -0.39 is 17.1 Å². The summed E-state index contributed by atoms with van der Waals surface area (Å²) in [7, 11) is 1.85. The highest BCUT2D eigenvalue weighted by molar-refractivity contribution is 6.33. The maximum absolute atomic E-state index is 12.9. The first kappa shape index (κ1) is 21.2. The van der Waals surface area contributed by atoms with E-state index in [0.717, 1.165) is 12.1 Å². The largest absolute Gasteiger partial charge is 0.507 e. The molecule has 8 nitrogen and oxygen atoms in total. The minimum absolute atomic E-state index is 0.0112. The van der Waals surface area contributed by atoms with Crippen molar-refractivity contribution >= 4 is 28.5 Å². The standard InChI is InChI=1S/C22H20ClNO7/c1-24-5-4-12(14(24)9-25)19-15(26)7-16(27)20-17(28)8-18(31-21(19)20)11-3-2-10(22(29)30)6-13(11)23/h2-3,6-8,12,14,25-27H,4-5,9H2,1H3,(H,29,30)/t12-,14+/m1/s1. The second-order valence-corrected chi connectivity index (χ2v) is 8.04. The third-order valence-electron chi connectivity index (χ3n) is 5.86. The van der Waals surface area contributed by atoms with Crippen molar-refractivity contribution in [1.29, 1.82) is 0 Å². The highest BCUT2D eigenvalue weighted by Crippen LogP contribution is 2.44. The molecule has 0 radical (unpaired) electrons. The molecule has 0 bridgehead atoms. The molecule has 1 aliphatic rings. The van der Waals surface area contributed by atoms with Gasteiger partial charge >= 0.3 is 5.97 Å². The normalized spacial score (nSPS) is 19.2. The number of aromatic hydroxyl groups is 2. The van der Waals surface area contributed by atoms with Crippen LogP contribution in [0.5, 0.6) is 11.5 Å². The molecule has 4 N–H and O–H groups in total. The fourth-order valence-corrected chi connectivity index (χ4v) is 4.55. The average Bonchev–Trinajstić information content (AvgIpc) is 3.07. The number of carbonyl (C=O) groups is 1. The number of likely N-dealkylation sites (tertiary alicyclic amines) is 1. The summed E-state index contributed by atoms with van der Waals surface area (Å²) < 4.78 is 5.99. The highest BCUT2D eigenvalue weighted by Gasteiger charge is 2.36. The summed E-state index contributed by atoms with van der Waals surface area (Å²) in [5, 5.41) is 39.9. The van der Waals surface area contributed by atoms with Crippen LogP contribution >= 0.6 is 11.6 Å². The smallest absolute Gasteiger partial charge is 0.335 e. The van der Waals surface area contributed by atoms with Crippen LogP contribution in [0.15, 0.2) is 39.5 Å². The Labute approximate surface area is 181 Å². The summed E-state index contributed by atoms with van der Waals surface area (Å²) in [6.07, 6.45) is 0.608. The van der Waals surface area contributed by atoms with E-state index in [1.54, 1.807) is 0 Å². The van der Waals surface area contributed by atoms with Crippen LogP contribution in [-0.2, 0) is 0 Å². The summed E-state index contributed by atoms with van der Waals surface area (Å²) in [4.78, 5) is 26.0. The van der Waals surface area contributed by atoms with E-state index in [-0.39, 0.29) is 51.6 Å². The SMILES string of the molecule is CN1CC[C@@H](c2c(O)cc(O)c3c(=O)cc(-c4ccc(C(=O)O)cc4Cl)oc23)[C@@H]1CO. The second-order valence-electron chi connectivity index (χ2n) is 7.63. The number of hydrogen-bond acceptors (Lipinski definition) is 7. The molecule has 3 aromatic rings. The summed E-state index contributed by atoms with van der Waals surface area (Å²) >= 11 is 6.24. The minimum atomic E-state index is -1.15. The third-order valence-corrected chi connectivity index (χ3v) is 6.17. The van der Waals surface area contributed by atoms with Crippen molar-refractivity contribution in [3.05, 3.63) is 56.7 Å². The van der Waals surface area contributed by atoms with Gasteiger partial charge in [0.1, 0.15) is 28.2 Å². The lowest BCUT2D eigenvalue weighted by Crippen LogP contribution is -2.32. The van der Waals surface area contributed by atoms with Gasteiger partial charge in [0.25, 0.3) is 0 Å². The van der Waals surface area contributed by atoms with Crippen LogP contribution in [0.25, 0.3) is 22.3 Å². The Kier molecular flexibility index (Phi) is 5.38. The molecule has 2 atom stereocenters. The number of likely N-dealkylation sites (N-methyl/N-ethyl adjacent to an activating group) is 1. The van der Waals surface area contributed by atoms with Crippen molar-refractivity contribution in [1.82, 2.24) is 4.90 Å². The Hall–Kier alpha value is -3.07. The molecule has 0 spiro atoms. The first-order valence-electron chi connectivity index (χ1n) is 9.60. The summed E-state index contributed by atoms with van der Waals surface area (Å²) in [5.41, 5.74) is 0.0696. The first-order chi connectivity index (χ1) is 14.7. The van der Waals surface area contributed by atoms with Crippen molar-refractivity contribution in [2.24, 2.45) is 0 Å². The summed E-state index contributed by atoms with van der Waals surface area (Å²) in [5.74, 6) is -2.07. The Morgan fingerprint density at radius 3 is 2.61 bits per heavy atom. The Balaban J connectivity index is 1.98. The van der Waals surface area contributed by atoms with Gasteiger partial charge in [0.15, 0.2) is 5.43 Å². The van der Waals surface area contributed by atoms with Gasteiger partial charge in [0.2, 0.25) is 0 Å². The number of hydrogen-bond donors (Lipinski definition) is 4. The molecule has 9 heteroatoms. The molecule has 1 aromatic heterocycles. The van der Waals surface area contributed by atoms with E-state index in [1.165, 1.54) is 18.2 Å².